The maximum Gasteiger partial charge on any atom is 0.322 e. The number of hydrogen-bond acceptors (Lipinski definition) is 3. The van der Waals surface area contributed by atoms with Crippen molar-refractivity contribution in [3.05, 3.63) is 0 Å². The van der Waals surface area contributed by atoms with Crippen molar-refractivity contribution in [3.63, 3.8) is 0 Å². The second-order valence-corrected chi connectivity index (χ2v) is 4.18. The molecule has 0 radical (unpaired) electrons. The lowest BCUT2D eigenvalue weighted by Gasteiger charge is -2.09. The van der Waals surface area contributed by atoms with Gasteiger partial charge in [-0.3, -0.25) is 13.6 Å². The zero-order valence-corrected chi connectivity index (χ0v) is 9.83. The lowest BCUT2D eigenvalue weighted by Crippen LogP contribution is -2.05. The zero-order valence-electron chi connectivity index (χ0n) is 5.81. The van der Waals surface area contributed by atoms with Gasteiger partial charge in [0, 0.05) is 0 Å². The third-order valence-corrected chi connectivity index (χ3v) is 3.31. The molecule has 0 bridgehead atoms. The highest BCUT2D eigenvalue weighted by molar-refractivity contribution is 7.33. The maximum absolute atomic E-state index is 10.8. The Labute approximate surface area is 91.2 Å². The van der Waals surface area contributed by atoms with Crippen LogP contribution in [0.1, 0.15) is 0 Å². The summed E-state index contributed by atoms with van der Waals surface area (Å²) < 4.78 is 20.0. The Morgan fingerprint density at radius 3 is 1.67 bits per heavy atom. The fourth-order valence-electron chi connectivity index (χ4n) is 0.300. The van der Waals surface area contributed by atoms with Gasteiger partial charge in [-0.1, -0.05) is 23.2 Å². The van der Waals surface area contributed by atoms with Crippen LogP contribution in [0.15, 0.2) is 0 Å². The Morgan fingerprint density at radius 1 is 1.08 bits per heavy atom. The lowest BCUT2D eigenvalue weighted by atomic mass is 10.9. The van der Waals surface area contributed by atoms with E-state index in [1.807, 2.05) is 0 Å². The Balaban J connectivity index is 3.59. The van der Waals surface area contributed by atoms with E-state index in [1.54, 1.807) is 0 Å². The predicted molar refractivity (Wildman–Crippen MR) is 51.9 cm³/mol. The van der Waals surface area contributed by atoms with Crippen molar-refractivity contribution >= 4 is 54.7 Å². The van der Waals surface area contributed by atoms with Gasteiger partial charge in [0.2, 0.25) is 0 Å². The molecular formula is C4H7Cl4O3P. The number of rotatable bonds is 6. The van der Waals surface area contributed by atoms with Crippen LogP contribution in [-0.4, -0.2) is 22.9 Å². The van der Waals surface area contributed by atoms with Crippen LogP contribution >= 0.6 is 54.7 Å². The van der Waals surface area contributed by atoms with Gasteiger partial charge in [-0.25, -0.2) is 0 Å². The number of hydrogen-bond donors (Lipinski definition) is 0. The van der Waals surface area contributed by atoms with E-state index in [4.69, 9.17) is 46.4 Å². The third-order valence-electron chi connectivity index (χ3n) is 0.691. The smallest absolute Gasteiger partial charge is 0.290 e. The molecule has 0 amide bonds. The highest BCUT2D eigenvalue weighted by Crippen LogP contribution is 2.30. The van der Waals surface area contributed by atoms with E-state index in [2.05, 4.69) is 9.05 Å². The topological polar surface area (TPSA) is 35.5 Å². The SMILES string of the molecule is O=[PH](OC(Cl)CCl)OC(Cl)CCl. The van der Waals surface area contributed by atoms with Crippen LogP contribution in [0.25, 0.3) is 0 Å². The fraction of sp³-hybridized carbons (Fsp3) is 1.00. The molecule has 0 heterocycles. The molecule has 0 aliphatic heterocycles. The summed E-state index contributed by atoms with van der Waals surface area (Å²) in [7, 11) is -2.69. The highest BCUT2D eigenvalue weighted by Gasteiger charge is 2.12. The van der Waals surface area contributed by atoms with Crippen LogP contribution < -0.4 is 0 Å². The first-order chi connectivity index (χ1) is 5.60. The summed E-state index contributed by atoms with van der Waals surface area (Å²) in [6.45, 7) is 0. The van der Waals surface area contributed by atoms with Crippen LogP contribution in [0.5, 0.6) is 0 Å². The van der Waals surface area contributed by atoms with Crippen LogP contribution in [0.2, 0.25) is 0 Å². The molecule has 0 saturated heterocycles. The van der Waals surface area contributed by atoms with Crippen LogP contribution in [0.3, 0.4) is 0 Å². The standard InChI is InChI=1S/C4H7Cl4O3P/c5-1-3(7)10-12(9)11-4(8)2-6/h3-4,12H,1-2H2. The van der Waals surface area contributed by atoms with E-state index in [0.29, 0.717) is 0 Å². The summed E-state index contributed by atoms with van der Waals surface area (Å²) in [5, 5.41) is 0. The first-order valence-electron chi connectivity index (χ1n) is 2.87. The average Bonchev–Trinajstić information content (AvgIpc) is 2.03. The average molecular weight is 276 g/mol. The van der Waals surface area contributed by atoms with Crippen molar-refractivity contribution in [2.75, 3.05) is 11.8 Å². The predicted octanol–water partition coefficient (Wildman–Crippen LogP) is 3.02. The van der Waals surface area contributed by atoms with Gasteiger partial charge in [-0.2, -0.15) is 0 Å². The first-order valence-corrected chi connectivity index (χ1v) is 6.04. The van der Waals surface area contributed by atoms with Gasteiger partial charge in [-0.15, -0.1) is 23.2 Å². The number of halogens is 4. The Bertz CT molecular complexity index is 132. The summed E-state index contributed by atoms with van der Waals surface area (Å²) in [6.07, 6.45) is 0. The minimum absolute atomic E-state index is 0.0230. The molecule has 0 spiro atoms. The maximum atomic E-state index is 10.8. The monoisotopic (exact) mass is 274 g/mol. The molecule has 0 saturated carbocycles. The first kappa shape index (κ1) is 13.3. The van der Waals surface area contributed by atoms with Crippen LogP contribution in [0, 0.1) is 0 Å². The second kappa shape index (κ2) is 7.69. The lowest BCUT2D eigenvalue weighted by molar-refractivity contribution is 0.212. The largest absolute Gasteiger partial charge is 0.322 e. The van der Waals surface area contributed by atoms with Crippen molar-refractivity contribution in [2.45, 2.75) is 11.1 Å². The Hall–Kier alpha value is 1.31. The molecule has 0 aromatic heterocycles. The van der Waals surface area contributed by atoms with E-state index >= 15 is 0 Å². The summed E-state index contributed by atoms with van der Waals surface area (Å²) in [5.41, 5.74) is -1.67. The minimum atomic E-state index is -2.69. The molecule has 0 N–H and O–H groups in total. The van der Waals surface area contributed by atoms with E-state index < -0.39 is 19.4 Å². The molecule has 0 aliphatic carbocycles. The quantitative estimate of drug-likeness (QED) is 0.552. The molecule has 74 valence electrons. The Kier molecular flexibility index (Phi) is 8.53. The number of alkyl halides is 4. The van der Waals surface area contributed by atoms with Gasteiger partial charge >= 0.3 is 8.25 Å². The zero-order chi connectivity index (χ0) is 9.56. The molecule has 0 aromatic rings. The molecular weight excluding hydrogens is 269 g/mol. The second-order valence-electron chi connectivity index (χ2n) is 1.61. The van der Waals surface area contributed by atoms with Gasteiger partial charge < -0.3 is 0 Å². The van der Waals surface area contributed by atoms with E-state index in [-0.39, 0.29) is 11.8 Å². The van der Waals surface area contributed by atoms with Crippen molar-refractivity contribution in [3.8, 4) is 0 Å². The van der Waals surface area contributed by atoms with E-state index in [1.165, 1.54) is 0 Å². The molecule has 12 heavy (non-hydrogen) atoms. The van der Waals surface area contributed by atoms with Crippen molar-refractivity contribution in [1.29, 1.82) is 0 Å². The van der Waals surface area contributed by atoms with Gasteiger partial charge in [0.05, 0.1) is 11.8 Å². The van der Waals surface area contributed by atoms with E-state index in [0.717, 1.165) is 0 Å². The van der Waals surface area contributed by atoms with Gasteiger partial charge in [0.15, 0.2) is 11.1 Å². The minimum Gasteiger partial charge on any atom is -0.290 e. The Morgan fingerprint density at radius 2 is 1.42 bits per heavy atom. The van der Waals surface area contributed by atoms with Crippen LogP contribution in [-0.2, 0) is 13.6 Å². The summed E-state index contributed by atoms with van der Waals surface area (Å²) in [6, 6.07) is 0. The fourth-order valence-corrected chi connectivity index (χ4v) is 1.71. The summed E-state index contributed by atoms with van der Waals surface area (Å²) >= 11 is 21.3. The summed E-state index contributed by atoms with van der Waals surface area (Å²) in [5.74, 6) is 0.0459. The van der Waals surface area contributed by atoms with Gasteiger partial charge in [0.1, 0.15) is 0 Å². The molecule has 8 heteroatoms. The van der Waals surface area contributed by atoms with Crippen molar-refractivity contribution in [2.24, 2.45) is 0 Å². The molecule has 0 aromatic carbocycles. The molecule has 2 atom stereocenters. The highest BCUT2D eigenvalue weighted by atomic mass is 35.5. The molecule has 2 unspecified atom stereocenters. The molecule has 3 nitrogen and oxygen atoms in total. The third kappa shape index (κ3) is 6.79. The van der Waals surface area contributed by atoms with Gasteiger partial charge in [0.25, 0.3) is 0 Å². The summed E-state index contributed by atoms with van der Waals surface area (Å²) in [4.78, 5) is 0. The van der Waals surface area contributed by atoms with Gasteiger partial charge in [-0.05, 0) is 0 Å². The molecule has 0 aliphatic rings. The molecule has 0 rings (SSSR count). The van der Waals surface area contributed by atoms with E-state index in [9.17, 15) is 4.57 Å². The van der Waals surface area contributed by atoms with Crippen molar-refractivity contribution < 1.29 is 13.6 Å². The van der Waals surface area contributed by atoms with Crippen molar-refractivity contribution in [1.82, 2.24) is 0 Å². The normalized spacial score (nSPS) is 18.7. The molecule has 0 fully saturated rings. The van der Waals surface area contributed by atoms with Crippen LogP contribution in [0.4, 0.5) is 0 Å².